The lowest BCUT2D eigenvalue weighted by Gasteiger charge is -2.29. The van der Waals surface area contributed by atoms with Crippen LogP contribution >= 0.6 is 0 Å². The Kier molecular flexibility index (Phi) is 3.91. The van der Waals surface area contributed by atoms with Gasteiger partial charge in [-0.1, -0.05) is 13.3 Å². The summed E-state index contributed by atoms with van der Waals surface area (Å²) in [5, 5.41) is 2.88. The number of amides is 1. The highest BCUT2D eigenvalue weighted by molar-refractivity contribution is 5.86. The van der Waals surface area contributed by atoms with Crippen LogP contribution in [0, 0.1) is 0 Å². The normalized spacial score (nSPS) is 16.5. The van der Waals surface area contributed by atoms with Crippen LogP contribution in [0.15, 0.2) is 0 Å². The van der Waals surface area contributed by atoms with Crippen molar-refractivity contribution in [2.75, 3.05) is 0 Å². The SMILES string of the molecule is CCCC(C)(N)C(=O)NC(C)(C)C. The molecule has 13 heavy (non-hydrogen) atoms. The highest BCUT2D eigenvalue weighted by Crippen LogP contribution is 2.10. The second-order valence-corrected chi connectivity index (χ2v) is 4.87. The number of nitrogens with two attached hydrogens (primary N) is 1. The van der Waals surface area contributed by atoms with Crippen LogP contribution in [0.25, 0.3) is 0 Å². The number of nitrogens with one attached hydrogen (secondary N) is 1. The molecule has 0 heterocycles. The molecule has 0 aromatic carbocycles. The molecule has 0 rings (SSSR count). The highest BCUT2D eigenvalue weighted by atomic mass is 16.2. The molecule has 0 bridgehead atoms. The summed E-state index contributed by atoms with van der Waals surface area (Å²) < 4.78 is 0. The third-order valence-electron chi connectivity index (χ3n) is 1.78. The lowest BCUT2D eigenvalue weighted by Crippen LogP contribution is -2.56. The molecule has 0 fully saturated rings. The van der Waals surface area contributed by atoms with Crippen molar-refractivity contribution in [1.82, 2.24) is 5.32 Å². The lowest BCUT2D eigenvalue weighted by molar-refractivity contribution is -0.127. The number of rotatable bonds is 3. The molecule has 0 aliphatic carbocycles. The molecule has 78 valence electrons. The minimum Gasteiger partial charge on any atom is -0.350 e. The minimum absolute atomic E-state index is 0.0677. The van der Waals surface area contributed by atoms with Crippen LogP contribution < -0.4 is 11.1 Å². The summed E-state index contributed by atoms with van der Waals surface area (Å²) in [5.74, 6) is -0.0677. The van der Waals surface area contributed by atoms with Gasteiger partial charge in [0.15, 0.2) is 0 Å². The van der Waals surface area contributed by atoms with E-state index in [-0.39, 0.29) is 11.4 Å². The summed E-state index contributed by atoms with van der Waals surface area (Å²) >= 11 is 0. The van der Waals surface area contributed by atoms with E-state index in [4.69, 9.17) is 5.73 Å². The first-order valence-electron chi connectivity index (χ1n) is 4.80. The van der Waals surface area contributed by atoms with Crippen molar-refractivity contribution in [3.05, 3.63) is 0 Å². The Morgan fingerprint density at radius 3 is 2.08 bits per heavy atom. The first-order chi connectivity index (χ1) is 5.69. The zero-order valence-corrected chi connectivity index (χ0v) is 9.40. The van der Waals surface area contributed by atoms with E-state index in [1.807, 2.05) is 27.7 Å². The maximum Gasteiger partial charge on any atom is 0.240 e. The van der Waals surface area contributed by atoms with E-state index in [0.29, 0.717) is 0 Å². The predicted octanol–water partition coefficient (Wildman–Crippen LogP) is 1.42. The van der Waals surface area contributed by atoms with E-state index in [9.17, 15) is 4.79 Å². The average molecular weight is 186 g/mol. The molecular weight excluding hydrogens is 164 g/mol. The summed E-state index contributed by atoms with van der Waals surface area (Å²) in [6.45, 7) is 9.65. The maximum absolute atomic E-state index is 11.6. The molecule has 0 aliphatic rings. The minimum atomic E-state index is -0.734. The standard InChI is InChI=1S/C10H22N2O/c1-6-7-10(5,11)8(13)12-9(2,3)4/h6-7,11H2,1-5H3,(H,12,13). The summed E-state index contributed by atoms with van der Waals surface area (Å²) in [7, 11) is 0. The zero-order valence-electron chi connectivity index (χ0n) is 9.40. The van der Waals surface area contributed by atoms with Gasteiger partial charge in [-0.05, 0) is 34.1 Å². The fraction of sp³-hybridized carbons (Fsp3) is 0.900. The van der Waals surface area contributed by atoms with Gasteiger partial charge in [0.05, 0.1) is 5.54 Å². The van der Waals surface area contributed by atoms with Crippen LogP contribution in [-0.4, -0.2) is 17.0 Å². The van der Waals surface area contributed by atoms with Gasteiger partial charge >= 0.3 is 0 Å². The molecule has 0 saturated carbocycles. The molecule has 0 spiro atoms. The first kappa shape index (κ1) is 12.4. The summed E-state index contributed by atoms with van der Waals surface area (Å²) in [6.07, 6.45) is 1.64. The molecule has 0 saturated heterocycles. The number of carbonyl (C=O) groups excluding carboxylic acids is 1. The van der Waals surface area contributed by atoms with Gasteiger partial charge in [-0.2, -0.15) is 0 Å². The molecule has 0 aliphatic heterocycles. The van der Waals surface area contributed by atoms with Crippen LogP contribution in [0.4, 0.5) is 0 Å². The predicted molar refractivity (Wildman–Crippen MR) is 55.4 cm³/mol. The quantitative estimate of drug-likeness (QED) is 0.700. The topological polar surface area (TPSA) is 55.1 Å². The van der Waals surface area contributed by atoms with Gasteiger partial charge in [0.2, 0.25) is 5.91 Å². The van der Waals surface area contributed by atoms with Gasteiger partial charge in [0.25, 0.3) is 0 Å². The first-order valence-corrected chi connectivity index (χ1v) is 4.80. The molecular formula is C10H22N2O. The fourth-order valence-corrected chi connectivity index (χ4v) is 1.12. The smallest absolute Gasteiger partial charge is 0.240 e. The van der Waals surface area contributed by atoms with Gasteiger partial charge in [0, 0.05) is 5.54 Å². The zero-order chi connectivity index (χ0) is 10.7. The van der Waals surface area contributed by atoms with Crippen LogP contribution in [0.2, 0.25) is 0 Å². The lowest BCUT2D eigenvalue weighted by atomic mass is 9.95. The molecule has 0 radical (unpaired) electrons. The van der Waals surface area contributed by atoms with Gasteiger partial charge in [0.1, 0.15) is 0 Å². The van der Waals surface area contributed by atoms with Crippen molar-refractivity contribution in [2.24, 2.45) is 5.73 Å². The molecule has 3 N–H and O–H groups in total. The molecule has 3 nitrogen and oxygen atoms in total. The van der Waals surface area contributed by atoms with E-state index in [0.717, 1.165) is 12.8 Å². The van der Waals surface area contributed by atoms with E-state index in [1.165, 1.54) is 0 Å². The second kappa shape index (κ2) is 4.09. The van der Waals surface area contributed by atoms with Crippen molar-refractivity contribution < 1.29 is 4.79 Å². The Labute approximate surface area is 81.1 Å². The van der Waals surface area contributed by atoms with Gasteiger partial charge in [-0.15, -0.1) is 0 Å². The largest absolute Gasteiger partial charge is 0.350 e. The maximum atomic E-state index is 11.6. The number of carbonyl (C=O) groups is 1. The number of hydrogen-bond acceptors (Lipinski definition) is 2. The van der Waals surface area contributed by atoms with Crippen LogP contribution in [-0.2, 0) is 4.79 Å². The van der Waals surface area contributed by atoms with Crippen LogP contribution in [0.1, 0.15) is 47.5 Å². The Hall–Kier alpha value is -0.570. The van der Waals surface area contributed by atoms with Crippen molar-refractivity contribution in [3.63, 3.8) is 0 Å². The third kappa shape index (κ3) is 4.88. The van der Waals surface area contributed by atoms with E-state index in [1.54, 1.807) is 6.92 Å². The van der Waals surface area contributed by atoms with Crippen molar-refractivity contribution in [2.45, 2.75) is 58.5 Å². The monoisotopic (exact) mass is 186 g/mol. The molecule has 1 atom stereocenters. The van der Waals surface area contributed by atoms with Crippen molar-refractivity contribution in [3.8, 4) is 0 Å². The highest BCUT2D eigenvalue weighted by Gasteiger charge is 2.29. The summed E-state index contributed by atoms with van der Waals surface area (Å²) in [5.41, 5.74) is 4.93. The van der Waals surface area contributed by atoms with E-state index in [2.05, 4.69) is 5.32 Å². The average Bonchev–Trinajstić information content (AvgIpc) is 1.82. The Morgan fingerprint density at radius 2 is 1.77 bits per heavy atom. The summed E-state index contributed by atoms with van der Waals surface area (Å²) in [4.78, 5) is 11.6. The van der Waals surface area contributed by atoms with Crippen molar-refractivity contribution >= 4 is 5.91 Å². The molecule has 3 heteroatoms. The molecule has 1 unspecified atom stereocenters. The Bertz CT molecular complexity index is 180. The molecule has 0 aromatic rings. The molecule has 1 amide bonds. The van der Waals surface area contributed by atoms with Gasteiger partial charge in [-0.25, -0.2) is 0 Å². The fourth-order valence-electron chi connectivity index (χ4n) is 1.12. The van der Waals surface area contributed by atoms with Gasteiger partial charge in [-0.3, -0.25) is 4.79 Å². The second-order valence-electron chi connectivity index (χ2n) is 4.87. The Morgan fingerprint density at radius 1 is 1.31 bits per heavy atom. The molecule has 0 aromatic heterocycles. The summed E-state index contributed by atoms with van der Waals surface area (Å²) in [6, 6.07) is 0. The third-order valence-corrected chi connectivity index (χ3v) is 1.78. The van der Waals surface area contributed by atoms with Gasteiger partial charge < -0.3 is 11.1 Å². The Balaban J connectivity index is 4.25. The van der Waals surface area contributed by atoms with Crippen molar-refractivity contribution in [1.29, 1.82) is 0 Å². The number of hydrogen-bond donors (Lipinski definition) is 2. The van der Waals surface area contributed by atoms with E-state index >= 15 is 0 Å². The van der Waals surface area contributed by atoms with Crippen LogP contribution in [0.3, 0.4) is 0 Å². The van der Waals surface area contributed by atoms with E-state index < -0.39 is 5.54 Å². The van der Waals surface area contributed by atoms with Crippen LogP contribution in [0.5, 0.6) is 0 Å².